The number of carbonyl (C=O) groups is 2. The third kappa shape index (κ3) is 4.07. The Morgan fingerprint density at radius 2 is 1.87 bits per heavy atom. The summed E-state index contributed by atoms with van der Waals surface area (Å²) in [6.45, 7) is 0. The van der Waals surface area contributed by atoms with E-state index in [-0.39, 0.29) is 17.7 Å². The van der Waals surface area contributed by atoms with Crippen LogP contribution in [0.5, 0.6) is 0 Å². The average Bonchev–Trinajstić information content (AvgIpc) is 3.10. The summed E-state index contributed by atoms with van der Waals surface area (Å²) in [6.07, 6.45) is 6.81. The molecule has 0 radical (unpaired) electrons. The van der Waals surface area contributed by atoms with Crippen LogP contribution in [0.1, 0.15) is 28.9 Å². The minimum Gasteiger partial charge on any atom is -0.326 e. The standard InChI is InChI=1S/C18H18N2O2S/c21-17(13-6-2-1-3-7-13)19-14-8-4-9-15(12-14)20-18(22)16-10-5-11-23-16/h1-2,4-5,8-13H,3,6-7H2,(H,19,21)(H,20,22). The number of carbonyl (C=O) groups excluding carboxylic acids is 2. The van der Waals surface area contributed by atoms with Crippen molar-refractivity contribution < 1.29 is 9.59 Å². The molecule has 1 aliphatic rings. The fourth-order valence-corrected chi connectivity index (χ4v) is 3.17. The summed E-state index contributed by atoms with van der Waals surface area (Å²) in [5.74, 6) is -0.0682. The summed E-state index contributed by atoms with van der Waals surface area (Å²) in [7, 11) is 0. The average molecular weight is 326 g/mol. The molecule has 1 unspecified atom stereocenters. The van der Waals surface area contributed by atoms with E-state index in [1.165, 1.54) is 11.3 Å². The highest BCUT2D eigenvalue weighted by Crippen LogP contribution is 2.22. The molecule has 2 aromatic rings. The molecule has 1 aliphatic carbocycles. The molecular weight excluding hydrogens is 308 g/mol. The molecule has 0 bridgehead atoms. The van der Waals surface area contributed by atoms with Gasteiger partial charge in [-0.3, -0.25) is 9.59 Å². The number of allylic oxidation sites excluding steroid dienone is 2. The monoisotopic (exact) mass is 326 g/mol. The van der Waals surface area contributed by atoms with Crippen molar-refractivity contribution in [2.24, 2.45) is 5.92 Å². The summed E-state index contributed by atoms with van der Waals surface area (Å²) in [6, 6.07) is 10.9. The fourth-order valence-electron chi connectivity index (χ4n) is 2.55. The summed E-state index contributed by atoms with van der Waals surface area (Å²) in [4.78, 5) is 25.0. The van der Waals surface area contributed by atoms with Gasteiger partial charge in [-0.05, 0) is 48.9 Å². The van der Waals surface area contributed by atoms with Crippen LogP contribution in [-0.4, -0.2) is 11.8 Å². The van der Waals surface area contributed by atoms with Crippen LogP contribution in [0.3, 0.4) is 0 Å². The Labute approximate surface area is 139 Å². The molecule has 0 saturated heterocycles. The highest BCUT2D eigenvalue weighted by molar-refractivity contribution is 7.12. The second kappa shape index (κ2) is 7.24. The number of nitrogens with one attached hydrogen (secondary N) is 2. The number of hydrogen-bond acceptors (Lipinski definition) is 3. The Hall–Kier alpha value is -2.40. The lowest BCUT2D eigenvalue weighted by Crippen LogP contribution is -2.23. The van der Waals surface area contributed by atoms with Crippen LogP contribution in [-0.2, 0) is 4.79 Å². The normalized spacial score (nSPS) is 16.8. The first-order valence-corrected chi connectivity index (χ1v) is 8.51. The predicted molar refractivity (Wildman–Crippen MR) is 93.8 cm³/mol. The zero-order valence-corrected chi connectivity index (χ0v) is 13.4. The fraction of sp³-hybridized carbons (Fsp3) is 0.222. The zero-order chi connectivity index (χ0) is 16.1. The number of hydrogen-bond donors (Lipinski definition) is 2. The van der Waals surface area contributed by atoms with Gasteiger partial charge in [0.1, 0.15) is 0 Å². The van der Waals surface area contributed by atoms with Gasteiger partial charge >= 0.3 is 0 Å². The molecule has 3 rings (SSSR count). The van der Waals surface area contributed by atoms with Crippen LogP contribution in [0.2, 0.25) is 0 Å². The summed E-state index contributed by atoms with van der Waals surface area (Å²) in [5.41, 5.74) is 1.37. The molecule has 0 fully saturated rings. The Balaban J connectivity index is 1.64. The van der Waals surface area contributed by atoms with E-state index in [1.54, 1.807) is 12.1 Å². The molecule has 1 atom stereocenters. The Kier molecular flexibility index (Phi) is 4.88. The van der Waals surface area contributed by atoms with Gasteiger partial charge in [0.15, 0.2) is 0 Å². The molecule has 23 heavy (non-hydrogen) atoms. The van der Waals surface area contributed by atoms with Crippen molar-refractivity contribution in [3.05, 3.63) is 58.8 Å². The molecule has 0 aliphatic heterocycles. The third-order valence-electron chi connectivity index (χ3n) is 3.77. The number of anilines is 2. The van der Waals surface area contributed by atoms with Crippen molar-refractivity contribution in [1.29, 1.82) is 0 Å². The first-order valence-electron chi connectivity index (χ1n) is 7.63. The molecule has 1 aromatic heterocycles. The van der Waals surface area contributed by atoms with Crippen LogP contribution < -0.4 is 10.6 Å². The first-order chi connectivity index (χ1) is 11.2. The minimum atomic E-state index is -0.138. The second-order valence-corrected chi connectivity index (χ2v) is 6.43. The van der Waals surface area contributed by atoms with E-state index in [0.29, 0.717) is 16.3 Å². The molecule has 1 aromatic carbocycles. The number of thiophene rings is 1. The maximum atomic E-state index is 12.3. The second-order valence-electron chi connectivity index (χ2n) is 5.48. The van der Waals surface area contributed by atoms with Gasteiger partial charge in [-0.2, -0.15) is 0 Å². The molecule has 118 valence electrons. The van der Waals surface area contributed by atoms with Gasteiger partial charge in [0, 0.05) is 17.3 Å². The van der Waals surface area contributed by atoms with Crippen LogP contribution in [0.4, 0.5) is 11.4 Å². The molecule has 4 nitrogen and oxygen atoms in total. The largest absolute Gasteiger partial charge is 0.326 e. The van der Waals surface area contributed by atoms with Gasteiger partial charge < -0.3 is 10.6 Å². The Morgan fingerprint density at radius 1 is 1.04 bits per heavy atom. The lowest BCUT2D eigenvalue weighted by atomic mass is 9.93. The summed E-state index contributed by atoms with van der Waals surface area (Å²) < 4.78 is 0. The number of amides is 2. The van der Waals surface area contributed by atoms with E-state index >= 15 is 0 Å². The van der Waals surface area contributed by atoms with Crippen molar-refractivity contribution in [2.75, 3.05) is 10.6 Å². The summed E-state index contributed by atoms with van der Waals surface area (Å²) >= 11 is 1.40. The lowest BCUT2D eigenvalue weighted by Gasteiger charge is -2.17. The molecule has 2 N–H and O–H groups in total. The number of rotatable bonds is 4. The number of benzene rings is 1. The highest BCUT2D eigenvalue weighted by Gasteiger charge is 2.18. The summed E-state index contributed by atoms with van der Waals surface area (Å²) in [5, 5.41) is 7.65. The maximum Gasteiger partial charge on any atom is 0.265 e. The Morgan fingerprint density at radius 3 is 2.57 bits per heavy atom. The van der Waals surface area contributed by atoms with Gasteiger partial charge in [0.25, 0.3) is 5.91 Å². The van der Waals surface area contributed by atoms with Crippen LogP contribution in [0.15, 0.2) is 53.9 Å². The zero-order valence-electron chi connectivity index (χ0n) is 12.6. The van der Waals surface area contributed by atoms with E-state index in [2.05, 4.69) is 22.8 Å². The first kappa shape index (κ1) is 15.5. The minimum absolute atomic E-state index is 0.0318. The molecule has 2 amide bonds. The van der Waals surface area contributed by atoms with Gasteiger partial charge in [0.2, 0.25) is 5.91 Å². The van der Waals surface area contributed by atoms with E-state index in [0.717, 1.165) is 19.3 Å². The van der Waals surface area contributed by atoms with Crippen LogP contribution in [0, 0.1) is 5.92 Å². The predicted octanol–water partition coefficient (Wildman–Crippen LogP) is 4.30. The SMILES string of the molecule is O=C(Nc1cccc(NC(=O)C2CC=CCC2)c1)c1cccs1. The maximum absolute atomic E-state index is 12.3. The van der Waals surface area contributed by atoms with Crippen LogP contribution in [0.25, 0.3) is 0 Å². The van der Waals surface area contributed by atoms with Gasteiger partial charge in [0.05, 0.1) is 4.88 Å². The van der Waals surface area contributed by atoms with E-state index in [9.17, 15) is 9.59 Å². The van der Waals surface area contributed by atoms with E-state index in [4.69, 9.17) is 0 Å². The molecular formula is C18H18N2O2S. The van der Waals surface area contributed by atoms with Gasteiger partial charge in [-0.15, -0.1) is 11.3 Å². The van der Waals surface area contributed by atoms with Crippen molar-refractivity contribution in [3.8, 4) is 0 Å². The third-order valence-corrected chi connectivity index (χ3v) is 4.64. The highest BCUT2D eigenvalue weighted by atomic mass is 32.1. The van der Waals surface area contributed by atoms with E-state index in [1.807, 2.05) is 29.6 Å². The van der Waals surface area contributed by atoms with Gasteiger partial charge in [-0.1, -0.05) is 24.3 Å². The molecule has 0 saturated carbocycles. The quantitative estimate of drug-likeness (QED) is 0.823. The Bertz CT molecular complexity index is 722. The van der Waals surface area contributed by atoms with Crippen molar-refractivity contribution in [1.82, 2.24) is 0 Å². The molecule has 1 heterocycles. The van der Waals surface area contributed by atoms with Crippen molar-refractivity contribution >= 4 is 34.5 Å². The topological polar surface area (TPSA) is 58.2 Å². The van der Waals surface area contributed by atoms with E-state index < -0.39 is 0 Å². The molecule has 0 spiro atoms. The smallest absolute Gasteiger partial charge is 0.265 e. The van der Waals surface area contributed by atoms with Crippen molar-refractivity contribution in [3.63, 3.8) is 0 Å². The van der Waals surface area contributed by atoms with Gasteiger partial charge in [-0.25, -0.2) is 0 Å². The van der Waals surface area contributed by atoms with Crippen LogP contribution >= 0.6 is 11.3 Å². The lowest BCUT2D eigenvalue weighted by molar-refractivity contribution is -0.120. The van der Waals surface area contributed by atoms with Crippen molar-refractivity contribution in [2.45, 2.75) is 19.3 Å². The molecule has 5 heteroatoms.